The number of aliphatic hydroxyl groups is 1. The second kappa shape index (κ2) is 5.21. The molecule has 1 fully saturated rings. The number of nitrogens with zero attached hydrogens (tertiary/aromatic N) is 2. The second-order valence-corrected chi connectivity index (χ2v) is 5.08. The summed E-state index contributed by atoms with van der Waals surface area (Å²) in [4.78, 5) is 19.9. The van der Waals surface area contributed by atoms with E-state index in [1.54, 1.807) is 6.07 Å². The first kappa shape index (κ1) is 13.6. The molecule has 2 aromatic rings. The first-order valence-corrected chi connectivity index (χ1v) is 6.60. The summed E-state index contributed by atoms with van der Waals surface area (Å²) in [5.74, 6) is 0.192. The molecule has 2 atom stereocenters. The van der Waals surface area contributed by atoms with Gasteiger partial charge in [0.15, 0.2) is 0 Å². The van der Waals surface area contributed by atoms with Crippen LogP contribution in [-0.4, -0.2) is 51.5 Å². The van der Waals surface area contributed by atoms with Crippen molar-refractivity contribution in [3.63, 3.8) is 0 Å². The Hall–Kier alpha value is -2.35. The maximum atomic E-state index is 13.2. The number of carbonyl (C=O) groups is 1. The van der Waals surface area contributed by atoms with Gasteiger partial charge in [-0.3, -0.25) is 0 Å². The third kappa shape index (κ3) is 2.75. The highest BCUT2D eigenvalue weighted by Crippen LogP contribution is 2.21. The number of benzene rings is 1. The van der Waals surface area contributed by atoms with Crippen LogP contribution >= 0.6 is 0 Å². The van der Waals surface area contributed by atoms with Gasteiger partial charge in [-0.05, 0) is 24.6 Å². The molecule has 0 unspecified atom stereocenters. The van der Waals surface area contributed by atoms with Crippen LogP contribution in [0.5, 0.6) is 0 Å². The fourth-order valence-corrected chi connectivity index (χ4v) is 2.55. The smallest absolute Gasteiger partial charge is 0.405 e. The van der Waals surface area contributed by atoms with Gasteiger partial charge in [-0.15, -0.1) is 0 Å². The van der Waals surface area contributed by atoms with E-state index in [4.69, 9.17) is 5.11 Å². The number of nitrogens with one attached hydrogen (secondary N) is 2. The number of piperidine rings is 1. The second-order valence-electron chi connectivity index (χ2n) is 5.08. The number of amides is 1. The fourth-order valence-electron chi connectivity index (χ4n) is 2.55. The lowest BCUT2D eigenvalue weighted by Gasteiger charge is -2.35. The van der Waals surface area contributed by atoms with Gasteiger partial charge in [0.05, 0.1) is 23.2 Å². The summed E-state index contributed by atoms with van der Waals surface area (Å²) in [6, 6.07) is 3.69. The summed E-state index contributed by atoms with van der Waals surface area (Å²) >= 11 is 0. The van der Waals surface area contributed by atoms with E-state index in [0.717, 1.165) is 0 Å². The number of carboxylic acid groups (broad SMARTS) is 1. The number of H-pyrrole nitrogens is 1. The quantitative estimate of drug-likeness (QED) is 0.659. The van der Waals surface area contributed by atoms with Gasteiger partial charge in [-0.2, -0.15) is 0 Å². The Morgan fingerprint density at radius 1 is 1.52 bits per heavy atom. The molecule has 1 amide bonds. The number of hydrogen-bond acceptors (Lipinski definition) is 4. The van der Waals surface area contributed by atoms with Gasteiger partial charge in [-0.1, -0.05) is 0 Å². The first-order chi connectivity index (χ1) is 10.0. The van der Waals surface area contributed by atoms with Crippen LogP contribution in [0.15, 0.2) is 18.2 Å². The van der Waals surface area contributed by atoms with E-state index in [-0.39, 0.29) is 5.82 Å². The molecular weight excluding hydrogens is 279 g/mol. The highest BCUT2D eigenvalue weighted by Gasteiger charge is 2.30. The molecule has 0 radical (unpaired) electrons. The average Bonchev–Trinajstić information content (AvgIpc) is 2.83. The topological polar surface area (TPSA) is 101 Å². The highest BCUT2D eigenvalue weighted by molar-refractivity contribution is 5.77. The maximum Gasteiger partial charge on any atom is 0.405 e. The lowest BCUT2D eigenvalue weighted by Crippen LogP contribution is -2.55. The molecule has 8 heteroatoms. The van der Waals surface area contributed by atoms with E-state index >= 15 is 0 Å². The molecule has 4 N–H and O–H groups in total. The van der Waals surface area contributed by atoms with Crippen LogP contribution in [-0.2, 0) is 0 Å². The maximum absolute atomic E-state index is 13.2. The number of imidazole rings is 1. The Kier molecular flexibility index (Phi) is 3.38. The number of aliphatic hydroxyl groups excluding tert-OH is 1. The number of aromatic nitrogens is 2. The molecule has 0 saturated carbocycles. The molecule has 2 heterocycles. The molecule has 1 aromatic heterocycles. The van der Waals surface area contributed by atoms with Crippen LogP contribution in [0, 0.1) is 5.82 Å². The Labute approximate surface area is 119 Å². The van der Waals surface area contributed by atoms with Crippen LogP contribution in [0.4, 0.5) is 15.1 Å². The number of halogens is 1. The minimum absolute atomic E-state index is 0.301. The molecule has 1 saturated heterocycles. The highest BCUT2D eigenvalue weighted by atomic mass is 19.1. The van der Waals surface area contributed by atoms with Crippen LogP contribution in [0.25, 0.3) is 11.0 Å². The number of anilines is 1. The molecule has 0 aliphatic carbocycles. The summed E-state index contributed by atoms with van der Waals surface area (Å²) in [5.41, 5.74) is 1.22. The predicted octanol–water partition coefficient (Wildman–Crippen LogP) is 0.909. The number of fused-ring (bicyclic) bond motifs is 1. The molecule has 1 aromatic carbocycles. The van der Waals surface area contributed by atoms with Gasteiger partial charge in [0.25, 0.3) is 0 Å². The lowest BCUT2D eigenvalue weighted by atomic mass is 10.0. The summed E-state index contributed by atoms with van der Waals surface area (Å²) in [5, 5.41) is 20.9. The average molecular weight is 294 g/mol. The van der Waals surface area contributed by atoms with Crippen molar-refractivity contribution in [3.8, 4) is 0 Å². The van der Waals surface area contributed by atoms with E-state index < -0.39 is 18.2 Å². The van der Waals surface area contributed by atoms with E-state index in [1.807, 2.05) is 4.90 Å². The van der Waals surface area contributed by atoms with Gasteiger partial charge in [0, 0.05) is 13.1 Å². The van der Waals surface area contributed by atoms with Crippen molar-refractivity contribution in [2.45, 2.75) is 18.6 Å². The van der Waals surface area contributed by atoms with Crippen molar-refractivity contribution >= 4 is 23.1 Å². The molecule has 1 aliphatic rings. The van der Waals surface area contributed by atoms with Gasteiger partial charge in [0.2, 0.25) is 5.95 Å². The molecule has 112 valence electrons. The molecule has 21 heavy (non-hydrogen) atoms. The van der Waals surface area contributed by atoms with E-state index in [2.05, 4.69) is 15.3 Å². The summed E-state index contributed by atoms with van der Waals surface area (Å²) < 4.78 is 13.2. The Bertz CT molecular complexity index is 674. The SMILES string of the molecule is O=C(O)N[C@@H]1CN(c2nc3ccc(F)cc3[nH]2)CC[C@@H]1O. The van der Waals surface area contributed by atoms with Gasteiger partial charge in [0.1, 0.15) is 5.82 Å². The minimum atomic E-state index is -1.17. The molecule has 3 rings (SSSR count). The summed E-state index contributed by atoms with van der Waals surface area (Å²) in [7, 11) is 0. The molecule has 1 aliphatic heterocycles. The lowest BCUT2D eigenvalue weighted by molar-refractivity contribution is 0.103. The Balaban J connectivity index is 1.83. The van der Waals surface area contributed by atoms with Gasteiger partial charge < -0.3 is 25.4 Å². The van der Waals surface area contributed by atoms with Crippen molar-refractivity contribution in [2.24, 2.45) is 0 Å². The zero-order valence-corrected chi connectivity index (χ0v) is 11.1. The monoisotopic (exact) mass is 294 g/mol. The molecule has 0 spiro atoms. The van der Waals surface area contributed by atoms with Crippen molar-refractivity contribution in [1.82, 2.24) is 15.3 Å². The van der Waals surface area contributed by atoms with Crippen molar-refractivity contribution in [3.05, 3.63) is 24.0 Å². The van der Waals surface area contributed by atoms with E-state index in [1.165, 1.54) is 12.1 Å². The van der Waals surface area contributed by atoms with Crippen LogP contribution in [0.3, 0.4) is 0 Å². The van der Waals surface area contributed by atoms with Gasteiger partial charge >= 0.3 is 6.09 Å². The third-order valence-corrected chi connectivity index (χ3v) is 3.62. The zero-order chi connectivity index (χ0) is 15.0. The normalized spacial score (nSPS) is 22.5. The zero-order valence-electron chi connectivity index (χ0n) is 11.1. The summed E-state index contributed by atoms with van der Waals surface area (Å²) in [6.07, 6.45) is -1.47. The molecule has 0 bridgehead atoms. The van der Waals surface area contributed by atoms with Crippen LogP contribution in [0.1, 0.15) is 6.42 Å². The number of hydrogen-bond donors (Lipinski definition) is 4. The molecule has 7 nitrogen and oxygen atoms in total. The predicted molar refractivity (Wildman–Crippen MR) is 73.8 cm³/mol. The fraction of sp³-hybridized carbons (Fsp3) is 0.385. The standard InChI is InChI=1S/C13H15FN4O3/c14-7-1-2-8-9(5-7)16-12(15-8)18-4-3-11(19)10(6-18)17-13(20)21/h1-2,5,10-11,17,19H,3-4,6H2,(H,15,16)(H,20,21)/t10-,11+/m1/s1. The third-order valence-electron chi connectivity index (χ3n) is 3.62. The number of aromatic amines is 1. The Morgan fingerprint density at radius 3 is 3.10 bits per heavy atom. The molecular formula is C13H15FN4O3. The van der Waals surface area contributed by atoms with Crippen LogP contribution < -0.4 is 10.2 Å². The largest absolute Gasteiger partial charge is 0.465 e. The number of rotatable bonds is 2. The van der Waals surface area contributed by atoms with Crippen molar-refractivity contribution < 1.29 is 19.4 Å². The van der Waals surface area contributed by atoms with Crippen LogP contribution in [0.2, 0.25) is 0 Å². The minimum Gasteiger partial charge on any atom is -0.465 e. The Morgan fingerprint density at radius 2 is 2.33 bits per heavy atom. The van der Waals surface area contributed by atoms with E-state index in [0.29, 0.717) is 36.5 Å². The van der Waals surface area contributed by atoms with Crippen molar-refractivity contribution in [1.29, 1.82) is 0 Å². The first-order valence-electron chi connectivity index (χ1n) is 6.60. The van der Waals surface area contributed by atoms with Crippen molar-refractivity contribution in [2.75, 3.05) is 18.0 Å². The summed E-state index contributed by atoms with van der Waals surface area (Å²) in [6.45, 7) is 0.844. The van der Waals surface area contributed by atoms with E-state index in [9.17, 15) is 14.3 Å². The van der Waals surface area contributed by atoms with Gasteiger partial charge in [-0.25, -0.2) is 14.2 Å².